The normalized spacial score (nSPS) is 12.7. The molecule has 3 rings (SSSR count). The average Bonchev–Trinajstić information content (AvgIpc) is 2.95. The van der Waals surface area contributed by atoms with Crippen LogP contribution in [0.2, 0.25) is 0 Å². The molecule has 0 saturated carbocycles. The van der Waals surface area contributed by atoms with Crippen molar-refractivity contribution in [3.63, 3.8) is 0 Å². The van der Waals surface area contributed by atoms with Gasteiger partial charge in [0.05, 0.1) is 34.6 Å². The fourth-order valence-corrected chi connectivity index (χ4v) is 2.98. The van der Waals surface area contributed by atoms with Crippen molar-refractivity contribution in [2.45, 2.75) is 6.42 Å². The predicted molar refractivity (Wildman–Crippen MR) is 98.1 cm³/mol. The highest BCUT2D eigenvalue weighted by molar-refractivity contribution is 6.10. The number of carbonyl (C=O) groups excluding carboxylic acids is 1. The topological polar surface area (TPSA) is 58.9 Å². The van der Waals surface area contributed by atoms with Crippen LogP contribution in [0.5, 0.6) is 17.2 Å². The van der Waals surface area contributed by atoms with Crippen molar-refractivity contribution in [2.75, 3.05) is 28.4 Å². The highest BCUT2D eigenvalue weighted by atomic mass is 16.5. The Balaban J connectivity index is 2.05. The van der Waals surface area contributed by atoms with Crippen LogP contribution in [0, 0.1) is 0 Å². The molecule has 2 heterocycles. The van der Waals surface area contributed by atoms with E-state index in [4.69, 9.17) is 18.9 Å². The number of benzene rings is 1. The number of fused-ring (bicyclic) bond motifs is 1. The van der Waals surface area contributed by atoms with Crippen LogP contribution in [-0.2, 0) is 11.2 Å². The van der Waals surface area contributed by atoms with E-state index in [1.54, 1.807) is 19.2 Å². The first-order valence-corrected chi connectivity index (χ1v) is 8.09. The fourth-order valence-electron chi connectivity index (χ4n) is 2.98. The van der Waals surface area contributed by atoms with Crippen LogP contribution < -0.4 is 14.2 Å². The molecule has 6 heteroatoms. The van der Waals surface area contributed by atoms with Crippen LogP contribution in [-0.4, -0.2) is 38.8 Å². The summed E-state index contributed by atoms with van der Waals surface area (Å²) in [6, 6.07) is 5.14. The number of hydrogen-bond acceptors (Lipinski definition) is 5. The van der Waals surface area contributed by atoms with Gasteiger partial charge in [-0.15, -0.1) is 0 Å². The van der Waals surface area contributed by atoms with Crippen LogP contribution in [0.3, 0.4) is 0 Å². The van der Waals surface area contributed by atoms with Gasteiger partial charge < -0.3 is 23.5 Å². The van der Waals surface area contributed by atoms with Gasteiger partial charge in [-0.05, 0) is 24.3 Å². The second kappa shape index (κ2) is 7.39. The Kier molecular flexibility index (Phi) is 5.02. The van der Waals surface area contributed by atoms with Gasteiger partial charge in [0.15, 0.2) is 17.3 Å². The van der Waals surface area contributed by atoms with Crippen LogP contribution in [0.15, 0.2) is 42.3 Å². The molecule has 136 valence electrons. The van der Waals surface area contributed by atoms with E-state index < -0.39 is 0 Å². The largest absolute Gasteiger partial charge is 0.495 e. The molecule has 1 aliphatic rings. The van der Waals surface area contributed by atoms with E-state index in [0.717, 1.165) is 11.5 Å². The van der Waals surface area contributed by atoms with Crippen LogP contribution in [0.1, 0.15) is 21.6 Å². The van der Waals surface area contributed by atoms with Crippen LogP contribution >= 0.6 is 0 Å². The third-order valence-electron chi connectivity index (χ3n) is 4.29. The lowest BCUT2D eigenvalue weighted by Gasteiger charge is -2.14. The van der Waals surface area contributed by atoms with Gasteiger partial charge in [-0.2, -0.15) is 0 Å². The highest BCUT2D eigenvalue weighted by Crippen LogP contribution is 2.39. The molecule has 6 nitrogen and oxygen atoms in total. The first-order valence-electron chi connectivity index (χ1n) is 8.09. The summed E-state index contributed by atoms with van der Waals surface area (Å²) in [6.07, 6.45) is 8.19. The van der Waals surface area contributed by atoms with Crippen LogP contribution in [0.4, 0.5) is 0 Å². The molecule has 1 aromatic carbocycles. The monoisotopic (exact) mass is 355 g/mol. The zero-order chi connectivity index (χ0) is 18.7. The van der Waals surface area contributed by atoms with Gasteiger partial charge in [-0.1, -0.05) is 6.08 Å². The number of methoxy groups -OCH3 is 4. The SMILES string of the molecule is COC1=Cn2ccc(C(=O)c3cc(OC)c(OC)c(OC)c3)c2CC=C1. The first kappa shape index (κ1) is 17.7. The van der Waals surface area contributed by atoms with Crippen molar-refractivity contribution in [2.24, 2.45) is 0 Å². The minimum Gasteiger partial charge on any atom is -0.495 e. The number of hydrogen-bond donors (Lipinski definition) is 0. The average molecular weight is 355 g/mol. The lowest BCUT2D eigenvalue weighted by atomic mass is 10.0. The minimum absolute atomic E-state index is 0.110. The molecule has 1 aromatic heterocycles. The quantitative estimate of drug-likeness (QED) is 0.744. The summed E-state index contributed by atoms with van der Waals surface area (Å²) in [5.41, 5.74) is 1.99. The fraction of sp³-hybridized carbons (Fsp3) is 0.250. The van der Waals surface area contributed by atoms with E-state index in [0.29, 0.717) is 34.8 Å². The molecule has 0 N–H and O–H groups in total. The molecule has 0 amide bonds. The maximum atomic E-state index is 13.1. The van der Waals surface area contributed by atoms with Gasteiger partial charge in [-0.3, -0.25) is 4.79 Å². The summed E-state index contributed by atoms with van der Waals surface area (Å²) in [5, 5.41) is 0. The zero-order valence-electron chi connectivity index (χ0n) is 15.2. The molecule has 1 aliphatic heterocycles. The maximum Gasteiger partial charge on any atom is 0.203 e. The number of nitrogens with zero attached hydrogens (tertiary/aromatic N) is 1. The Morgan fingerprint density at radius 2 is 1.69 bits per heavy atom. The second-order valence-electron chi connectivity index (χ2n) is 5.67. The third-order valence-corrected chi connectivity index (χ3v) is 4.29. The highest BCUT2D eigenvalue weighted by Gasteiger charge is 2.22. The Morgan fingerprint density at radius 1 is 1.00 bits per heavy atom. The Bertz CT molecular complexity index is 867. The summed E-state index contributed by atoms with van der Waals surface area (Å²) in [5.74, 6) is 1.97. The number of allylic oxidation sites excluding steroid dienone is 2. The van der Waals surface area contributed by atoms with Crippen molar-refractivity contribution >= 4 is 12.0 Å². The van der Waals surface area contributed by atoms with E-state index in [1.807, 2.05) is 35.2 Å². The van der Waals surface area contributed by atoms with E-state index >= 15 is 0 Å². The van der Waals surface area contributed by atoms with E-state index in [9.17, 15) is 4.79 Å². The van der Waals surface area contributed by atoms with Crippen LogP contribution in [0.25, 0.3) is 6.20 Å². The standard InChI is InChI=1S/C20H21NO5/c1-23-14-6-5-7-16-15(8-9-21(16)12-14)19(22)13-10-17(24-2)20(26-4)18(11-13)25-3/h5-6,8-12H,7H2,1-4H3. The summed E-state index contributed by atoms with van der Waals surface area (Å²) >= 11 is 0. The molecule has 0 atom stereocenters. The summed E-state index contributed by atoms with van der Waals surface area (Å²) in [4.78, 5) is 13.1. The molecule has 0 aliphatic carbocycles. The molecule has 0 spiro atoms. The summed E-state index contributed by atoms with van der Waals surface area (Å²) in [7, 11) is 6.20. The summed E-state index contributed by atoms with van der Waals surface area (Å²) < 4.78 is 23.2. The van der Waals surface area contributed by atoms with Crippen molar-refractivity contribution in [1.29, 1.82) is 0 Å². The number of rotatable bonds is 6. The van der Waals surface area contributed by atoms with Crippen molar-refractivity contribution in [3.8, 4) is 17.2 Å². The van der Waals surface area contributed by atoms with Crippen molar-refractivity contribution in [1.82, 2.24) is 4.57 Å². The van der Waals surface area contributed by atoms with Crippen molar-refractivity contribution in [3.05, 3.63) is 59.1 Å². The predicted octanol–water partition coefficient (Wildman–Crippen LogP) is 3.30. The molecule has 0 fully saturated rings. The molecule has 26 heavy (non-hydrogen) atoms. The summed E-state index contributed by atoms with van der Waals surface area (Å²) in [6.45, 7) is 0. The minimum atomic E-state index is -0.110. The molecule has 0 saturated heterocycles. The molecule has 0 bridgehead atoms. The lowest BCUT2D eigenvalue weighted by molar-refractivity contribution is 0.103. The molecular weight excluding hydrogens is 334 g/mol. The Labute approximate surface area is 152 Å². The Hall–Kier alpha value is -3.15. The van der Waals surface area contributed by atoms with E-state index in [2.05, 4.69) is 0 Å². The lowest BCUT2D eigenvalue weighted by Crippen LogP contribution is -2.07. The molecular formula is C20H21NO5. The smallest absolute Gasteiger partial charge is 0.203 e. The number of carbonyl (C=O) groups is 1. The number of ketones is 1. The molecule has 0 unspecified atom stereocenters. The number of aromatic nitrogens is 1. The molecule has 2 aromatic rings. The van der Waals surface area contributed by atoms with Gasteiger partial charge in [0, 0.05) is 29.4 Å². The van der Waals surface area contributed by atoms with Gasteiger partial charge in [0.1, 0.15) is 5.76 Å². The van der Waals surface area contributed by atoms with Gasteiger partial charge in [-0.25, -0.2) is 0 Å². The number of ether oxygens (including phenoxy) is 4. The van der Waals surface area contributed by atoms with Gasteiger partial charge in [0.2, 0.25) is 5.75 Å². The second-order valence-corrected chi connectivity index (χ2v) is 5.67. The van der Waals surface area contributed by atoms with E-state index in [1.165, 1.54) is 21.3 Å². The van der Waals surface area contributed by atoms with Gasteiger partial charge >= 0.3 is 0 Å². The maximum absolute atomic E-state index is 13.1. The third kappa shape index (κ3) is 3.06. The zero-order valence-corrected chi connectivity index (χ0v) is 15.2. The Morgan fingerprint density at radius 3 is 2.27 bits per heavy atom. The van der Waals surface area contributed by atoms with Crippen molar-refractivity contribution < 1.29 is 23.7 Å². The molecule has 0 radical (unpaired) electrons. The first-order chi connectivity index (χ1) is 12.6. The van der Waals surface area contributed by atoms with Gasteiger partial charge in [0.25, 0.3) is 0 Å². The van der Waals surface area contributed by atoms with E-state index in [-0.39, 0.29) is 5.78 Å².